The summed E-state index contributed by atoms with van der Waals surface area (Å²) in [5, 5.41) is 8.10. The Morgan fingerprint density at radius 3 is 2.69 bits per heavy atom. The maximum atomic E-state index is 12.6. The van der Waals surface area contributed by atoms with Gasteiger partial charge in [0.2, 0.25) is 0 Å². The number of anilines is 2. The van der Waals surface area contributed by atoms with Gasteiger partial charge in [0.25, 0.3) is 11.5 Å². The molecule has 0 unspecified atom stereocenters. The number of para-hydroxylation sites is 1. The van der Waals surface area contributed by atoms with Crippen LogP contribution in [0.5, 0.6) is 0 Å². The number of rotatable bonds is 5. The van der Waals surface area contributed by atoms with Gasteiger partial charge in [-0.3, -0.25) is 14.0 Å². The number of hydrogen-bond donors (Lipinski definition) is 2. The quantitative estimate of drug-likeness (QED) is 0.522. The number of carbonyl (C=O) groups excluding carboxylic acids is 1. The summed E-state index contributed by atoms with van der Waals surface area (Å²) in [7, 11) is 0. The smallest absolute Gasteiger partial charge is 0.259 e. The standard InChI is InChI=1S/C22H20N4O2S/c1-14-8-9-16(21(28)24-17-6-4-3-5-7-17)10-19(14)23-12-18-11-20(27)26-15(2)13-29-22(26)25-18/h3-11,13,23H,12H2,1-2H3,(H,24,28). The Labute approximate surface area is 171 Å². The van der Waals surface area contributed by atoms with Crippen LogP contribution in [0.15, 0.2) is 64.8 Å². The van der Waals surface area contributed by atoms with E-state index in [0.717, 1.165) is 22.6 Å². The Hall–Kier alpha value is -3.45. The van der Waals surface area contributed by atoms with Crippen LogP contribution in [0, 0.1) is 13.8 Å². The third-order valence-corrected chi connectivity index (χ3v) is 5.56. The van der Waals surface area contributed by atoms with Gasteiger partial charge in [0.1, 0.15) is 0 Å². The Balaban J connectivity index is 1.52. The highest BCUT2D eigenvalue weighted by Crippen LogP contribution is 2.19. The Morgan fingerprint density at radius 2 is 1.90 bits per heavy atom. The van der Waals surface area contributed by atoms with E-state index in [1.54, 1.807) is 16.5 Å². The van der Waals surface area contributed by atoms with Crippen LogP contribution < -0.4 is 16.2 Å². The highest BCUT2D eigenvalue weighted by molar-refractivity contribution is 7.15. The average Bonchev–Trinajstić information content (AvgIpc) is 3.09. The van der Waals surface area contributed by atoms with Gasteiger partial charge < -0.3 is 10.6 Å². The zero-order valence-corrected chi connectivity index (χ0v) is 16.9. The van der Waals surface area contributed by atoms with Crippen LogP contribution in [-0.4, -0.2) is 15.3 Å². The van der Waals surface area contributed by atoms with E-state index in [1.807, 2.05) is 61.7 Å². The van der Waals surface area contributed by atoms with E-state index in [4.69, 9.17) is 0 Å². The number of thiazole rings is 1. The van der Waals surface area contributed by atoms with Crippen LogP contribution in [-0.2, 0) is 6.54 Å². The summed E-state index contributed by atoms with van der Waals surface area (Å²) in [6.07, 6.45) is 0. The van der Waals surface area contributed by atoms with E-state index >= 15 is 0 Å². The van der Waals surface area contributed by atoms with Crippen molar-refractivity contribution in [1.29, 1.82) is 0 Å². The lowest BCUT2D eigenvalue weighted by molar-refractivity contribution is 0.102. The topological polar surface area (TPSA) is 75.5 Å². The van der Waals surface area contributed by atoms with Crippen molar-refractivity contribution >= 4 is 33.6 Å². The van der Waals surface area contributed by atoms with Crippen LogP contribution in [0.2, 0.25) is 0 Å². The summed E-state index contributed by atoms with van der Waals surface area (Å²) in [5.41, 5.74) is 4.60. The van der Waals surface area contributed by atoms with E-state index in [2.05, 4.69) is 15.6 Å². The molecule has 0 spiro atoms. The third kappa shape index (κ3) is 4.05. The van der Waals surface area contributed by atoms with Crippen molar-refractivity contribution in [2.24, 2.45) is 0 Å². The molecule has 1 amide bonds. The highest BCUT2D eigenvalue weighted by atomic mass is 32.1. The minimum Gasteiger partial charge on any atom is -0.379 e. The summed E-state index contributed by atoms with van der Waals surface area (Å²) in [5.74, 6) is -0.175. The first-order valence-electron chi connectivity index (χ1n) is 9.19. The largest absolute Gasteiger partial charge is 0.379 e. The molecule has 0 saturated heterocycles. The first-order chi connectivity index (χ1) is 14.0. The molecule has 2 heterocycles. The number of aryl methyl sites for hydroxylation is 2. The molecule has 0 aliphatic heterocycles. The predicted molar refractivity (Wildman–Crippen MR) is 117 cm³/mol. The summed E-state index contributed by atoms with van der Waals surface area (Å²) in [6.45, 7) is 4.25. The highest BCUT2D eigenvalue weighted by Gasteiger charge is 2.10. The molecule has 2 aromatic carbocycles. The number of fused-ring (bicyclic) bond motifs is 1. The first kappa shape index (κ1) is 18.9. The van der Waals surface area contributed by atoms with Crippen LogP contribution in [0.4, 0.5) is 11.4 Å². The van der Waals surface area contributed by atoms with E-state index in [-0.39, 0.29) is 11.5 Å². The SMILES string of the molecule is Cc1ccc(C(=O)Nc2ccccc2)cc1NCc1cc(=O)n2c(C)csc2n1. The lowest BCUT2D eigenvalue weighted by atomic mass is 10.1. The number of benzene rings is 2. The first-order valence-corrected chi connectivity index (χ1v) is 10.1. The molecule has 0 aliphatic carbocycles. The van der Waals surface area contributed by atoms with Gasteiger partial charge in [-0.25, -0.2) is 4.98 Å². The van der Waals surface area contributed by atoms with Gasteiger partial charge in [-0.05, 0) is 43.7 Å². The molecule has 29 heavy (non-hydrogen) atoms. The van der Waals surface area contributed by atoms with Crippen molar-refractivity contribution in [2.75, 3.05) is 10.6 Å². The molecule has 0 aliphatic rings. The third-order valence-electron chi connectivity index (χ3n) is 4.62. The number of amides is 1. The zero-order valence-electron chi connectivity index (χ0n) is 16.1. The molecule has 7 heteroatoms. The van der Waals surface area contributed by atoms with Crippen LogP contribution >= 0.6 is 11.3 Å². The fourth-order valence-corrected chi connectivity index (χ4v) is 3.95. The molecular weight excluding hydrogens is 384 g/mol. The normalized spacial score (nSPS) is 10.8. The minimum absolute atomic E-state index is 0.0849. The zero-order chi connectivity index (χ0) is 20.4. The van der Waals surface area contributed by atoms with Crippen molar-refractivity contribution in [3.63, 3.8) is 0 Å². The van der Waals surface area contributed by atoms with E-state index in [1.165, 1.54) is 11.3 Å². The summed E-state index contributed by atoms with van der Waals surface area (Å²) in [4.78, 5) is 30.1. The number of nitrogens with one attached hydrogen (secondary N) is 2. The average molecular weight is 404 g/mol. The summed E-state index contributed by atoms with van der Waals surface area (Å²) < 4.78 is 1.61. The fraction of sp³-hybridized carbons (Fsp3) is 0.136. The van der Waals surface area contributed by atoms with Crippen molar-refractivity contribution < 1.29 is 4.79 Å². The Bertz CT molecular complexity index is 1240. The van der Waals surface area contributed by atoms with Crippen molar-refractivity contribution in [2.45, 2.75) is 20.4 Å². The van der Waals surface area contributed by atoms with Crippen LogP contribution in [0.1, 0.15) is 27.3 Å². The van der Waals surface area contributed by atoms with E-state index in [9.17, 15) is 9.59 Å². The minimum atomic E-state index is -0.175. The van der Waals surface area contributed by atoms with Crippen LogP contribution in [0.25, 0.3) is 4.96 Å². The van der Waals surface area contributed by atoms with Gasteiger partial charge >= 0.3 is 0 Å². The van der Waals surface area contributed by atoms with Gasteiger partial charge in [0.05, 0.1) is 12.2 Å². The second kappa shape index (κ2) is 7.89. The maximum absolute atomic E-state index is 12.6. The van der Waals surface area contributed by atoms with Gasteiger partial charge in [-0.2, -0.15) is 0 Å². The fourth-order valence-electron chi connectivity index (χ4n) is 3.06. The van der Waals surface area contributed by atoms with Gasteiger partial charge in [-0.1, -0.05) is 24.3 Å². The monoisotopic (exact) mass is 404 g/mol. The van der Waals surface area contributed by atoms with Gasteiger partial charge in [-0.15, -0.1) is 11.3 Å². The molecule has 4 aromatic rings. The molecule has 0 fully saturated rings. The molecule has 2 N–H and O–H groups in total. The number of carbonyl (C=O) groups is 1. The lowest BCUT2D eigenvalue weighted by Crippen LogP contribution is -2.17. The van der Waals surface area contributed by atoms with Crippen molar-refractivity contribution in [3.8, 4) is 0 Å². The Morgan fingerprint density at radius 1 is 1.10 bits per heavy atom. The summed E-state index contributed by atoms with van der Waals surface area (Å²) >= 11 is 1.45. The number of hydrogen-bond acceptors (Lipinski definition) is 5. The maximum Gasteiger partial charge on any atom is 0.259 e. The second-order valence-electron chi connectivity index (χ2n) is 6.78. The van der Waals surface area contributed by atoms with Crippen molar-refractivity contribution in [3.05, 3.63) is 92.8 Å². The molecule has 4 rings (SSSR count). The second-order valence-corrected chi connectivity index (χ2v) is 7.62. The molecule has 2 aromatic heterocycles. The van der Waals surface area contributed by atoms with E-state index in [0.29, 0.717) is 22.8 Å². The number of aromatic nitrogens is 2. The summed E-state index contributed by atoms with van der Waals surface area (Å²) in [6, 6.07) is 16.4. The number of nitrogens with zero attached hydrogens (tertiary/aromatic N) is 2. The van der Waals surface area contributed by atoms with Gasteiger partial charge in [0, 0.05) is 34.1 Å². The van der Waals surface area contributed by atoms with Crippen LogP contribution in [0.3, 0.4) is 0 Å². The molecule has 0 radical (unpaired) electrons. The molecule has 0 atom stereocenters. The van der Waals surface area contributed by atoms with Gasteiger partial charge in [0.15, 0.2) is 4.96 Å². The lowest BCUT2D eigenvalue weighted by Gasteiger charge is -2.12. The predicted octanol–water partition coefficient (Wildman–Crippen LogP) is 4.24. The Kier molecular flexibility index (Phi) is 5.14. The van der Waals surface area contributed by atoms with Crippen molar-refractivity contribution in [1.82, 2.24) is 9.38 Å². The molecule has 0 saturated carbocycles. The molecule has 6 nitrogen and oxygen atoms in total. The molecular formula is C22H20N4O2S. The molecule has 0 bridgehead atoms. The van der Waals surface area contributed by atoms with E-state index < -0.39 is 0 Å². The molecule has 146 valence electrons.